The number of carboxylic acids is 1. The summed E-state index contributed by atoms with van der Waals surface area (Å²) in [5, 5.41) is 8.88. The minimum absolute atomic E-state index is 0.372. The normalized spacial score (nSPS) is 34.9. The van der Waals surface area contributed by atoms with Crippen LogP contribution in [0.1, 0.15) is 39.5 Å². The standard InChI is InChI=1S/C11H17NO2/c1-11(2)4-3-8-7(6-11)5-9(12-8)10(13)14/h7,9H,3-6H2,1-2H3,(H,13,14). The molecule has 2 atom stereocenters. The van der Waals surface area contributed by atoms with Gasteiger partial charge in [0.15, 0.2) is 0 Å². The van der Waals surface area contributed by atoms with Crippen molar-refractivity contribution in [1.29, 1.82) is 0 Å². The monoisotopic (exact) mass is 195 g/mol. The Morgan fingerprint density at radius 2 is 2.29 bits per heavy atom. The van der Waals surface area contributed by atoms with E-state index in [1.54, 1.807) is 0 Å². The maximum atomic E-state index is 10.8. The smallest absolute Gasteiger partial charge is 0.328 e. The number of carbonyl (C=O) groups is 1. The molecular weight excluding hydrogens is 178 g/mol. The van der Waals surface area contributed by atoms with Gasteiger partial charge in [0.25, 0.3) is 0 Å². The number of aliphatic carboxylic acids is 1. The van der Waals surface area contributed by atoms with Gasteiger partial charge in [0.2, 0.25) is 0 Å². The fourth-order valence-electron chi connectivity index (χ4n) is 2.63. The molecule has 0 amide bonds. The molecule has 1 aliphatic heterocycles. The molecular formula is C11H17NO2. The predicted octanol–water partition coefficient (Wildman–Crippen LogP) is 2.11. The van der Waals surface area contributed by atoms with Gasteiger partial charge in [-0.25, -0.2) is 4.79 Å². The van der Waals surface area contributed by atoms with Crippen molar-refractivity contribution >= 4 is 11.7 Å². The molecule has 2 rings (SSSR count). The molecule has 1 heterocycles. The van der Waals surface area contributed by atoms with E-state index in [4.69, 9.17) is 5.11 Å². The van der Waals surface area contributed by atoms with E-state index in [-0.39, 0.29) is 0 Å². The molecule has 0 radical (unpaired) electrons. The van der Waals surface area contributed by atoms with Crippen molar-refractivity contribution in [3.8, 4) is 0 Å². The van der Waals surface area contributed by atoms with Crippen molar-refractivity contribution < 1.29 is 9.90 Å². The fourth-order valence-corrected chi connectivity index (χ4v) is 2.63. The van der Waals surface area contributed by atoms with Gasteiger partial charge < -0.3 is 5.11 Å². The topological polar surface area (TPSA) is 49.7 Å². The summed E-state index contributed by atoms with van der Waals surface area (Å²) in [6, 6.07) is -0.455. The molecule has 14 heavy (non-hydrogen) atoms. The lowest BCUT2D eigenvalue weighted by Crippen LogP contribution is -2.28. The number of nitrogens with zero attached hydrogens (tertiary/aromatic N) is 1. The second-order valence-electron chi connectivity index (χ2n) is 5.28. The van der Waals surface area contributed by atoms with E-state index in [2.05, 4.69) is 18.8 Å². The van der Waals surface area contributed by atoms with Crippen LogP contribution in [0.2, 0.25) is 0 Å². The van der Waals surface area contributed by atoms with Crippen LogP contribution in [0, 0.1) is 11.3 Å². The maximum Gasteiger partial charge on any atom is 0.328 e. The summed E-state index contributed by atoms with van der Waals surface area (Å²) < 4.78 is 0. The molecule has 0 bridgehead atoms. The van der Waals surface area contributed by atoms with Gasteiger partial charge in [0.05, 0.1) is 0 Å². The van der Waals surface area contributed by atoms with Gasteiger partial charge in [-0.3, -0.25) is 4.99 Å². The number of fused-ring (bicyclic) bond motifs is 1. The molecule has 0 saturated heterocycles. The van der Waals surface area contributed by atoms with Crippen LogP contribution in [0.5, 0.6) is 0 Å². The Hall–Kier alpha value is -0.860. The Morgan fingerprint density at radius 1 is 1.57 bits per heavy atom. The molecule has 78 valence electrons. The van der Waals surface area contributed by atoms with Crippen LogP contribution < -0.4 is 0 Å². The number of hydrogen-bond donors (Lipinski definition) is 1. The molecule has 3 nitrogen and oxygen atoms in total. The number of aliphatic imine (C=N–C) groups is 1. The van der Waals surface area contributed by atoms with Crippen molar-refractivity contribution in [2.24, 2.45) is 16.3 Å². The van der Waals surface area contributed by atoms with Gasteiger partial charge in [-0.1, -0.05) is 13.8 Å². The summed E-state index contributed by atoms with van der Waals surface area (Å²) in [6.07, 6.45) is 3.99. The summed E-state index contributed by atoms with van der Waals surface area (Å²) >= 11 is 0. The van der Waals surface area contributed by atoms with E-state index in [1.807, 2.05) is 0 Å². The van der Waals surface area contributed by atoms with Crippen molar-refractivity contribution in [3.63, 3.8) is 0 Å². The Labute approximate surface area is 84.2 Å². The van der Waals surface area contributed by atoms with E-state index >= 15 is 0 Å². The first kappa shape index (κ1) is 9.69. The van der Waals surface area contributed by atoms with Gasteiger partial charge in [0.1, 0.15) is 6.04 Å². The van der Waals surface area contributed by atoms with Gasteiger partial charge >= 0.3 is 5.97 Å². The van der Waals surface area contributed by atoms with Crippen molar-refractivity contribution in [1.82, 2.24) is 0 Å². The number of carboxylic acid groups (broad SMARTS) is 1. The van der Waals surface area contributed by atoms with Crippen LogP contribution in [0.25, 0.3) is 0 Å². The van der Waals surface area contributed by atoms with Crippen molar-refractivity contribution in [2.75, 3.05) is 0 Å². The van der Waals surface area contributed by atoms with Crippen LogP contribution in [0.4, 0.5) is 0 Å². The van der Waals surface area contributed by atoms with Gasteiger partial charge in [0, 0.05) is 5.71 Å². The molecule has 0 aromatic rings. The third kappa shape index (κ3) is 1.68. The largest absolute Gasteiger partial charge is 0.480 e. The Balaban J connectivity index is 2.10. The van der Waals surface area contributed by atoms with Crippen molar-refractivity contribution in [2.45, 2.75) is 45.6 Å². The third-order valence-electron chi connectivity index (χ3n) is 3.44. The molecule has 2 aliphatic rings. The maximum absolute atomic E-state index is 10.8. The van der Waals surface area contributed by atoms with E-state index in [1.165, 1.54) is 0 Å². The molecule has 0 aromatic heterocycles. The third-order valence-corrected chi connectivity index (χ3v) is 3.44. The first-order valence-corrected chi connectivity index (χ1v) is 5.27. The lowest BCUT2D eigenvalue weighted by Gasteiger charge is -2.33. The average Bonchev–Trinajstić information content (AvgIpc) is 2.45. The van der Waals surface area contributed by atoms with E-state index in [9.17, 15) is 4.79 Å². The SMILES string of the molecule is CC1(C)CCC2=NC(C(=O)O)CC2C1. The average molecular weight is 195 g/mol. The zero-order valence-electron chi connectivity index (χ0n) is 8.79. The second-order valence-corrected chi connectivity index (χ2v) is 5.28. The van der Waals surface area contributed by atoms with Crippen molar-refractivity contribution in [3.05, 3.63) is 0 Å². The first-order chi connectivity index (χ1) is 6.48. The Bertz CT molecular complexity index is 294. The zero-order chi connectivity index (χ0) is 10.3. The minimum Gasteiger partial charge on any atom is -0.480 e. The highest BCUT2D eigenvalue weighted by Gasteiger charge is 2.39. The van der Waals surface area contributed by atoms with E-state index in [0.29, 0.717) is 11.3 Å². The van der Waals surface area contributed by atoms with E-state index in [0.717, 1.165) is 31.4 Å². The van der Waals surface area contributed by atoms with Crippen LogP contribution in [-0.4, -0.2) is 22.8 Å². The zero-order valence-corrected chi connectivity index (χ0v) is 8.79. The first-order valence-electron chi connectivity index (χ1n) is 5.27. The summed E-state index contributed by atoms with van der Waals surface area (Å²) in [6.45, 7) is 4.52. The molecule has 1 fully saturated rings. The Morgan fingerprint density at radius 3 is 2.93 bits per heavy atom. The highest BCUT2D eigenvalue weighted by Crippen LogP contribution is 2.42. The quantitative estimate of drug-likeness (QED) is 0.696. The summed E-state index contributed by atoms with van der Waals surface area (Å²) in [5.74, 6) is -0.315. The Kier molecular flexibility index (Phi) is 2.13. The number of hydrogen-bond acceptors (Lipinski definition) is 2. The summed E-state index contributed by atoms with van der Waals surface area (Å²) in [7, 11) is 0. The van der Waals surface area contributed by atoms with E-state index < -0.39 is 12.0 Å². The van der Waals surface area contributed by atoms with Gasteiger partial charge in [-0.2, -0.15) is 0 Å². The van der Waals surface area contributed by atoms with Crippen LogP contribution in [-0.2, 0) is 4.79 Å². The summed E-state index contributed by atoms with van der Waals surface area (Å²) in [4.78, 5) is 15.1. The molecule has 2 unspecified atom stereocenters. The molecule has 0 spiro atoms. The number of rotatable bonds is 1. The highest BCUT2D eigenvalue weighted by atomic mass is 16.4. The second kappa shape index (κ2) is 3.07. The molecule has 1 N–H and O–H groups in total. The molecule has 1 saturated carbocycles. The lowest BCUT2D eigenvalue weighted by molar-refractivity contribution is -0.138. The summed E-state index contributed by atoms with van der Waals surface area (Å²) in [5.41, 5.74) is 1.54. The lowest BCUT2D eigenvalue weighted by atomic mass is 9.71. The minimum atomic E-state index is -0.760. The molecule has 0 aromatic carbocycles. The molecule has 1 aliphatic carbocycles. The fraction of sp³-hybridized carbons (Fsp3) is 0.818. The van der Waals surface area contributed by atoms with Crippen LogP contribution >= 0.6 is 0 Å². The van der Waals surface area contributed by atoms with Crippen LogP contribution in [0.15, 0.2) is 4.99 Å². The van der Waals surface area contributed by atoms with Gasteiger partial charge in [-0.15, -0.1) is 0 Å². The van der Waals surface area contributed by atoms with Gasteiger partial charge in [-0.05, 0) is 37.0 Å². The molecule has 3 heteroatoms. The van der Waals surface area contributed by atoms with Crippen LogP contribution in [0.3, 0.4) is 0 Å². The predicted molar refractivity (Wildman–Crippen MR) is 54.6 cm³/mol. The highest BCUT2D eigenvalue weighted by molar-refractivity contribution is 5.93.